The first-order valence-electron chi connectivity index (χ1n) is 9.40. The van der Waals surface area contributed by atoms with E-state index in [0.29, 0.717) is 12.5 Å². The number of methoxy groups -OCH3 is 2. The molecule has 3 rings (SSSR count). The minimum Gasteiger partial charge on any atom is -0.481 e. The predicted molar refractivity (Wildman–Crippen MR) is 106 cm³/mol. The molecule has 0 saturated heterocycles. The summed E-state index contributed by atoms with van der Waals surface area (Å²) in [6.45, 7) is 0. The van der Waals surface area contributed by atoms with Gasteiger partial charge in [0.05, 0.1) is 26.0 Å². The highest BCUT2D eigenvalue weighted by atomic mass is 32.2. The van der Waals surface area contributed by atoms with Crippen molar-refractivity contribution in [1.82, 2.24) is 15.0 Å². The fourth-order valence-corrected chi connectivity index (χ4v) is 3.93. The fraction of sp³-hybridized carbons (Fsp3) is 0.400. The molecule has 0 bridgehead atoms. The van der Waals surface area contributed by atoms with Crippen LogP contribution < -0.4 is 9.47 Å². The van der Waals surface area contributed by atoms with Gasteiger partial charge in [-0.1, -0.05) is 11.8 Å². The average molecular weight is 469 g/mol. The van der Waals surface area contributed by atoms with Gasteiger partial charge in [-0.15, -0.1) is 0 Å². The Morgan fingerprint density at radius 3 is 2.19 bits per heavy atom. The number of rotatable bonds is 7. The largest absolute Gasteiger partial charge is 0.481 e. The van der Waals surface area contributed by atoms with E-state index in [1.54, 1.807) is 0 Å². The van der Waals surface area contributed by atoms with Crippen molar-refractivity contribution >= 4 is 29.1 Å². The number of carbonyl (C=O) groups excluding carboxylic acids is 3. The van der Waals surface area contributed by atoms with Gasteiger partial charge in [0, 0.05) is 24.2 Å². The van der Waals surface area contributed by atoms with E-state index in [1.165, 1.54) is 20.3 Å². The number of thioether (sulfide) groups is 1. The summed E-state index contributed by atoms with van der Waals surface area (Å²) in [5.41, 5.74) is -1.64. The fourth-order valence-electron chi connectivity index (χ4n) is 3.14. The van der Waals surface area contributed by atoms with E-state index < -0.39 is 35.1 Å². The lowest BCUT2D eigenvalue weighted by Crippen LogP contribution is -2.36. The quantitative estimate of drug-likeness (QED) is 0.261. The van der Waals surface area contributed by atoms with Crippen LogP contribution in [-0.4, -0.2) is 46.5 Å². The Morgan fingerprint density at radius 2 is 1.66 bits per heavy atom. The third-order valence-electron chi connectivity index (χ3n) is 4.70. The lowest BCUT2D eigenvalue weighted by Gasteiger charge is -2.19. The molecule has 170 valence electrons. The van der Waals surface area contributed by atoms with Crippen molar-refractivity contribution < 1.29 is 37.0 Å². The molecule has 0 radical (unpaired) electrons. The molecule has 2 aromatic heterocycles. The van der Waals surface area contributed by atoms with Crippen molar-refractivity contribution in [2.45, 2.75) is 36.3 Å². The maximum Gasteiger partial charge on any atom is 0.433 e. The molecule has 32 heavy (non-hydrogen) atoms. The van der Waals surface area contributed by atoms with Gasteiger partial charge < -0.3 is 9.47 Å². The number of alkyl halides is 3. The van der Waals surface area contributed by atoms with E-state index >= 15 is 0 Å². The van der Waals surface area contributed by atoms with E-state index in [4.69, 9.17) is 9.47 Å². The van der Waals surface area contributed by atoms with Gasteiger partial charge in [0.25, 0.3) is 0 Å². The predicted octanol–water partition coefficient (Wildman–Crippen LogP) is 3.32. The maximum atomic E-state index is 13.2. The number of ether oxygens (including phenoxy) is 2. The number of aromatic nitrogens is 3. The standard InChI is InChI=1S/C20H18F3N3O5S/c1-30-15-8-16(31-2)26-19(25-15)32-9-11-10(6-7-14(24-11)20(21,22)23)18(29)17-12(27)4-3-5-13(17)28/h6-8,17H,3-5,9H2,1-2H3. The van der Waals surface area contributed by atoms with E-state index in [1.807, 2.05) is 0 Å². The second-order valence-electron chi connectivity index (χ2n) is 6.80. The van der Waals surface area contributed by atoms with Crippen molar-refractivity contribution in [2.24, 2.45) is 5.92 Å². The number of hydrogen-bond donors (Lipinski definition) is 0. The van der Waals surface area contributed by atoms with Gasteiger partial charge in [-0.05, 0) is 18.6 Å². The van der Waals surface area contributed by atoms with Crippen LogP contribution in [0, 0.1) is 5.92 Å². The zero-order chi connectivity index (χ0) is 23.5. The number of pyridine rings is 1. The summed E-state index contributed by atoms with van der Waals surface area (Å²) in [6.07, 6.45) is -4.26. The van der Waals surface area contributed by atoms with Crippen LogP contribution in [0.25, 0.3) is 0 Å². The minimum atomic E-state index is -4.74. The molecule has 2 heterocycles. The molecule has 0 aliphatic heterocycles. The highest BCUT2D eigenvalue weighted by Crippen LogP contribution is 2.32. The van der Waals surface area contributed by atoms with E-state index in [2.05, 4.69) is 15.0 Å². The van der Waals surface area contributed by atoms with Crippen LogP contribution >= 0.6 is 11.8 Å². The van der Waals surface area contributed by atoms with Crippen LogP contribution in [0.15, 0.2) is 23.4 Å². The lowest BCUT2D eigenvalue weighted by atomic mass is 9.81. The van der Waals surface area contributed by atoms with Gasteiger partial charge >= 0.3 is 6.18 Å². The third kappa shape index (κ3) is 5.23. The molecular formula is C20H18F3N3O5S. The summed E-state index contributed by atoms with van der Waals surface area (Å²) in [6, 6.07) is 3.03. The van der Waals surface area contributed by atoms with E-state index in [-0.39, 0.29) is 46.8 Å². The summed E-state index contributed by atoms with van der Waals surface area (Å²) in [4.78, 5) is 49.1. The van der Waals surface area contributed by atoms with Crippen molar-refractivity contribution in [3.05, 3.63) is 35.2 Å². The molecule has 1 fully saturated rings. The molecule has 1 saturated carbocycles. The number of Topliss-reactive ketones (excluding diaryl/α,β-unsaturated/α-hetero) is 3. The second kappa shape index (κ2) is 9.63. The van der Waals surface area contributed by atoms with Gasteiger partial charge in [0.2, 0.25) is 11.8 Å². The van der Waals surface area contributed by atoms with Gasteiger partial charge in [-0.25, -0.2) is 4.98 Å². The molecule has 0 spiro atoms. The SMILES string of the molecule is COc1cc(OC)nc(SCc2nc(C(F)(F)F)ccc2C(=O)C2C(=O)CCCC2=O)n1. The van der Waals surface area contributed by atoms with Crippen LogP contribution in [0.4, 0.5) is 13.2 Å². The average Bonchev–Trinajstić information content (AvgIpc) is 2.76. The summed E-state index contributed by atoms with van der Waals surface area (Å²) in [5.74, 6) is -3.32. The molecule has 0 amide bonds. The molecule has 12 heteroatoms. The van der Waals surface area contributed by atoms with E-state index in [0.717, 1.165) is 17.8 Å². The molecule has 0 N–H and O–H groups in total. The van der Waals surface area contributed by atoms with Crippen molar-refractivity contribution in [3.8, 4) is 11.8 Å². The lowest BCUT2D eigenvalue weighted by molar-refractivity contribution is -0.141. The van der Waals surface area contributed by atoms with E-state index in [9.17, 15) is 27.6 Å². The number of hydrogen-bond acceptors (Lipinski definition) is 9. The van der Waals surface area contributed by atoms with Gasteiger partial charge in [-0.3, -0.25) is 14.4 Å². The number of halogens is 3. The van der Waals surface area contributed by atoms with Crippen molar-refractivity contribution in [1.29, 1.82) is 0 Å². The Kier molecular flexibility index (Phi) is 7.12. The van der Waals surface area contributed by atoms with Crippen LogP contribution in [-0.2, 0) is 21.5 Å². The highest BCUT2D eigenvalue weighted by molar-refractivity contribution is 7.98. The highest BCUT2D eigenvalue weighted by Gasteiger charge is 2.39. The van der Waals surface area contributed by atoms with Gasteiger partial charge in [-0.2, -0.15) is 23.1 Å². The Labute approximate surface area is 184 Å². The molecular weight excluding hydrogens is 451 g/mol. The van der Waals surface area contributed by atoms with Crippen LogP contribution in [0.3, 0.4) is 0 Å². The summed E-state index contributed by atoms with van der Waals surface area (Å²) in [5, 5.41) is 0.114. The molecule has 1 aliphatic carbocycles. The summed E-state index contributed by atoms with van der Waals surface area (Å²) < 4.78 is 49.7. The smallest absolute Gasteiger partial charge is 0.433 e. The summed E-state index contributed by atoms with van der Waals surface area (Å²) in [7, 11) is 2.75. The zero-order valence-electron chi connectivity index (χ0n) is 17.1. The van der Waals surface area contributed by atoms with Crippen LogP contribution in [0.2, 0.25) is 0 Å². The van der Waals surface area contributed by atoms with Gasteiger partial charge in [0.1, 0.15) is 11.6 Å². The first-order valence-corrected chi connectivity index (χ1v) is 10.4. The van der Waals surface area contributed by atoms with Gasteiger partial charge in [0.15, 0.2) is 22.5 Å². The third-order valence-corrected chi connectivity index (χ3v) is 5.56. The molecule has 0 atom stereocenters. The zero-order valence-corrected chi connectivity index (χ0v) is 17.9. The summed E-state index contributed by atoms with van der Waals surface area (Å²) >= 11 is 0.898. The monoisotopic (exact) mass is 469 g/mol. The van der Waals surface area contributed by atoms with Crippen LogP contribution in [0.1, 0.15) is 41.0 Å². The number of carbonyl (C=O) groups is 3. The molecule has 0 unspecified atom stereocenters. The first-order chi connectivity index (χ1) is 15.1. The topological polar surface area (TPSA) is 108 Å². The maximum absolute atomic E-state index is 13.2. The number of nitrogens with zero attached hydrogens (tertiary/aromatic N) is 3. The number of ketones is 3. The van der Waals surface area contributed by atoms with Crippen molar-refractivity contribution in [3.63, 3.8) is 0 Å². The Hall–Kier alpha value is -3.02. The normalized spacial score (nSPS) is 15.0. The van der Waals surface area contributed by atoms with Crippen molar-refractivity contribution in [2.75, 3.05) is 14.2 Å². The second-order valence-corrected chi connectivity index (χ2v) is 7.74. The Morgan fingerprint density at radius 1 is 1.06 bits per heavy atom. The van der Waals surface area contributed by atoms with Crippen LogP contribution in [0.5, 0.6) is 11.8 Å². The molecule has 2 aromatic rings. The molecule has 1 aliphatic rings. The Bertz CT molecular complexity index is 1020. The molecule has 0 aromatic carbocycles. The first kappa shape index (κ1) is 23.6. The minimum absolute atomic E-state index is 0.0672. The Balaban J connectivity index is 1.96. The molecule has 8 nitrogen and oxygen atoms in total.